The molecule has 0 heterocycles. The van der Waals surface area contributed by atoms with E-state index in [1.54, 1.807) is 13.8 Å². The summed E-state index contributed by atoms with van der Waals surface area (Å²) in [4.78, 5) is 27.2. The van der Waals surface area contributed by atoms with Gasteiger partial charge in [-0.15, -0.1) is 0 Å². The first-order valence-electron chi connectivity index (χ1n) is 13.8. The van der Waals surface area contributed by atoms with Crippen molar-refractivity contribution in [2.75, 3.05) is 0 Å². The van der Waals surface area contributed by atoms with Crippen LogP contribution >= 0.6 is 0 Å². The van der Waals surface area contributed by atoms with Crippen LogP contribution in [0.1, 0.15) is 76.3 Å². The van der Waals surface area contributed by atoms with Crippen molar-refractivity contribution in [3.05, 3.63) is 71.8 Å². The molecule has 0 saturated heterocycles. The predicted octanol–water partition coefficient (Wildman–Crippen LogP) is 4.08. The molecule has 2 unspecified atom stereocenters. The molecule has 0 aromatic heterocycles. The van der Waals surface area contributed by atoms with Crippen LogP contribution in [0.3, 0.4) is 0 Å². The minimum atomic E-state index is -1.38. The van der Waals surface area contributed by atoms with E-state index in [9.17, 15) is 19.8 Å². The molecule has 2 aliphatic carbocycles. The fraction of sp³-hybridized carbons (Fsp3) is 0.548. The van der Waals surface area contributed by atoms with Gasteiger partial charge in [0, 0.05) is 0 Å². The maximum absolute atomic E-state index is 13.6. The van der Waals surface area contributed by atoms with Gasteiger partial charge >= 0.3 is 0 Å². The normalized spacial score (nSPS) is 20.2. The van der Waals surface area contributed by atoms with E-state index in [2.05, 4.69) is 10.6 Å². The lowest BCUT2D eigenvalue weighted by atomic mass is 9.83. The molecule has 6 nitrogen and oxygen atoms in total. The molecule has 4 N–H and O–H groups in total. The summed E-state index contributed by atoms with van der Waals surface area (Å²) in [5.74, 6) is -0.828. The smallest absolute Gasteiger partial charge is 0.235 e. The van der Waals surface area contributed by atoms with Gasteiger partial charge in [0.25, 0.3) is 0 Å². The first-order chi connectivity index (χ1) is 17.6. The van der Waals surface area contributed by atoms with E-state index in [1.807, 2.05) is 60.7 Å². The van der Waals surface area contributed by atoms with Gasteiger partial charge in [-0.05, 0) is 63.5 Å². The van der Waals surface area contributed by atoms with Crippen LogP contribution in [0.25, 0.3) is 0 Å². The summed E-state index contributed by atoms with van der Waals surface area (Å²) >= 11 is 0. The molecule has 0 aliphatic heterocycles. The number of carbonyl (C=O) groups excluding carboxylic acids is 2. The zero-order chi connectivity index (χ0) is 26.5. The highest BCUT2D eigenvalue weighted by Gasteiger charge is 2.46. The van der Waals surface area contributed by atoms with Gasteiger partial charge in [-0.25, -0.2) is 0 Å². The molecule has 2 aliphatic rings. The van der Waals surface area contributed by atoms with E-state index in [-0.39, 0.29) is 0 Å². The van der Waals surface area contributed by atoms with Gasteiger partial charge < -0.3 is 20.8 Å². The number of rotatable bonds is 10. The molecule has 0 radical (unpaired) electrons. The zero-order valence-electron chi connectivity index (χ0n) is 22.2. The van der Waals surface area contributed by atoms with Gasteiger partial charge in [0.15, 0.2) is 0 Å². The molecule has 2 aromatic rings. The van der Waals surface area contributed by atoms with E-state index in [0.29, 0.717) is 38.5 Å². The highest BCUT2D eigenvalue weighted by molar-refractivity contribution is 6.04. The van der Waals surface area contributed by atoms with Gasteiger partial charge in [0.05, 0.1) is 23.3 Å². The average molecular weight is 507 g/mol. The third-order valence-electron chi connectivity index (χ3n) is 8.55. The Kier molecular flexibility index (Phi) is 8.39. The summed E-state index contributed by atoms with van der Waals surface area (Å²) in [6.07, 6.45) is 7.18. The van der Waals surface area contributed by atoms with Crippen LogP contribution in [0.15, 0.2) is 60.7 Å². The Bertz CT molecular complexity index is 958. The molecule has 6 heteroatoms. The third kappa shape index (κ3) is 6.42. The fourth-order valence-electron chi connectivity index (χ4n) is 5.90. The molecule has 200 valence electrons. The minimum Gasteiger partial charge on any atom is -0.388 e. The monoisotopic (exact) mass is 506 g/mol. The highest BCUT2D eigenvalue weighted by Crippen LogP contribution is 2.36. The maximum Gasteiger partial charge on any atom is 0.235 e. The summed E-state index contributed by atoms with van der Waals surface area (Å²) in [5.41, 5.74) is -1.31. The SMILES string of the molecule is CC(C)(C(=O)NC(Cc1ccccc1)C1(O)CCCC1)C(=O)NC(Cc1ccccc1)C1(O)CCCC1. The number of hydrogen-bond donors (Lipinski definition) is 4. The van der Waals surface area contributed by atoms with Crippen molar-refractivity contribution in [2.24, 2.45) is 5.41 Å². The van der Waals surface area contributed by atoms with E-state index in [4.69, 9.17) is 0 Å². The van der Waals surface area contributed by atoms with Crippen LogP contribution in [0, 0.1) is 5.41 Å². The summed E-state index contributed by atoms with van der Waals surface area (Å²) in [5, 5.41) is 28.9. The largest absolute Gasteiger partial charge is 0.388 e. The van der Waals surface area contributed by atoms with Crippen LogP contribution in [0.5, 0.6) is 0 Å². The lowest BCUT2D eigenvalue weighted by Crippen LogP contribution is -2.60. The van der Waals surface area contributed by atoms with Crippen LogP contribution in [0.2, 0.25) is 0 Å². The molecule has 2 aromatic carbocycles. The van der Waals surface area contributed by atoms with Gasteiger partial charge in [-0.3, -0.25) is 9.59 Å². The number of aliphatic hydroxyl groups is 2. The van der Waals surface area contributed by atoms with Crippen molar-refractivity contribution in [2.45, 2.75) is 101 Å². The highest BCUT2D eigenvalue weighted by atomic mass is 16.3. The van der Waals surface area contributed by atoms with Gasteiger partial charge in [-0.1, -0.05) is 86.3 Å². The quantitative estimate of drug-likeness (QED) is 0.365. The Balaban J connectivity index is 1.50. The lowest BCUT2D eigenvalue weighted by molar-refractivity contribution is -0.144. The predicted molar refractivity (Wildman–Crippen MR) is 145 cm³/mol. The average Bonchev–Trinajstić information content (AvgIpc) is 3.54. The van der Waals surface area contributed by atoms with Crippen LogP contribution in [-0.2, 0) is 22.4 Å². The fourth-order valence-corrected chi connectivity index (χ4v) is 5.90. The van der Waals surface area contributed by atoms with Crippen LogP contribution < -0.4 is 10.6 Å². The molecule has 2 atom stereocenters. The summed E-state index contributed by atoms with van der Waals surface area (Å²) < 4.78 is 0. The Morgan fingerprint density at radius 1 is 0.703 bits per heavy atom. The number of hydrogen-bond acceptors (Lipinski definition) is 4. The second-order valence-corrected chi connectivity index (χ2v) is 11.7. The molecule has 0 spiro atoms. The van der Waals surface area contributed by atoms with Gasteiger partial charge in [0.2, 0.25) is 11.8 Å². The van der Waals surface area contributed by atoms with E-state index in [0.717, 1.165) is 36.8 Å². The molecule has 4 rings (SSSR count). The van der Waals surface area contributed by atoms with Crippen molar-refractivity contribution in [3.63, 3.8) is 0 Å². The first-order valence-corrected chi connectivity index (χ1v) is 13.8. The first kappa shape index (κ1) is 27.3. The zero-order valence-corrected chi connectivity index (χ0v) is 22.2. The number of nitrogens with one attached hydrogen (secondary N) is 2. The molecule has 2 amide bonds. The number of benzene rings is 2. The van der Waals surface area contributed by atoms with Crippen molar-refractivity contribution >= 4 is 11.8 Å². The number of carbonyl (C=O) groups is 2. The van der Waals surface area contributed by atoms with Crippen molar-refractivity contribution < 1.29 is 19.8 Å². The topological polar surface area (TPSA) is 98.7 Å². The second kappa shape index (κ2) is 11.4. The van der Waals surface area contributed by atoms with Crippen LogP contribution in [-0.4, -0.2) is 45.3 Å². The van der Waals surface area contributed by atoms with E-state index in [1.165, 1.54) is 0 Å². The standard InChI is InChI=1S/C31H42N2O4/c1-29(2,27(34)32-25(30(36)17-9-10-18-30)21-23-13-5-3-6-14-23)28(35)33-26(31(37)19-11-12-20-31)22-24-15-7-4-8-16-24/h3-8,13-16,25-26,36-37H,9-12,17-22H2,1-2H3,(H,32,34)(H,33,35). The molecule has 0 bridgehead atoms. The van der Waals surface area contributed by atoms with Crippen molar-refractivity contribution in [1.29, 1.82) is 0 Å². The molecule has 2 saturated carbocycles. The lowest BCUT2D eigenvalue weighted by Gasteiger charge is -2.38. The minimum absolute atomic E-state index is 0.414. The Morgan fingerprint density at radius 2 is 1.03 bits per heavy atom. The summed E-state index contributed by atoms with van der Waals surface area (Å²) in [7, 11) is 0. The third-order valence-corrected chi connectivity index (χ3v) is 8.55. The Morgan fingerprint density at radius 3 is 1.35 bits per heavy atom. The van der Waals surface area contributed by atoms with E-state index < -0.39 is 40.5 Å². The number of amides is 2. The van der Waals surface area contributed by atoms with Crippen LogP contribution in [0.4, 0.5) is 0 Å². The maximum atomic E-state index is 13.6. The van der Waals surface area contributed by atoms with Crippen molar-refractivity contribution in [3.8, 4) is 0 Å². The summed E-state index contributed by atoms with van der Waals surface area (Å²) in [6, 6.07) is 18.7. The van der Waals surface area contributed by atoms with E-state index >= 15 is 0 Å². The molecular weight excluding hydrogens is 464 g/mol. The second-order valence-electron chi connectivity index (χ2n) is 11.7. The molecular formula is C31H42N2O4. The summed E-state index contributed by atoms with van der Waals surface area (Å²) in [6.45, 7) is 3.24. The molecule has 37 heavy (non-hydrogen) atoms. The Hall–Kier alpha value is -2.70. The van der Waals surface area contributed by atoms with Crippen molar-refractivity contribution in [1.82, 2.24) is 10.6 Å². The molecule has 2 fully saturated rings. The Labute approximate surface area is 220 Å². The van der Waals surface area contributed by atoms with Gasteiger partial charge in [0.1, 0.15) is 5.41 Å². The van der Waals surface area contributed by atoms with Gasteiger partial charge in [-0.2, -0.15) is 0 Å².